The van der Waals surface area contributed by atoms with Crippen LogP contribution in [-0.4, -0.2) is 15.8 Å². The molecule has 0 bridgehead atoms. The van der Waals surface area contributed by atoms with E-state index in [1.807, 2.05) is 0 Å². The monoisotopic (exact) mass is 411 g/mol. The lowest BCUT2D eigenvalue weighted by Crippen LogP contribution is -2.11. The Morgan fingerprint density at radius 3 is 2.55 bits per heavy atom. The van der Waals surface area contributed by atoms with E-state index in [1.165, 1.54) is 42.5 Å². The van der Waals surface area contributed by atoms with Crippen molar-refractivity contribution >= 4 is 40.0 Å². The van der Waals surface area contributed by atoms with E-state index < -0.39 is 16.6 Å². The Balaban J connectivity index is 1.59. The Labute approximate surface area is 167 Å². The number of hydrogen-bond donors (Lipinski definition) is 1. The lowest BCUT2D eigenvalue weighted by molar-refractivity contribution is -0.384. The van der Waals surface area contributed by atoms with E-state index >= 15 is 0 Å². The summed E-state index contributed by atoms with van der Waals surface area (Å²) < 4.78 is 18.9. The fraction of sp³-hybridized carbons (Fsp3) is 0. The summed E-state index contributed by atoms with van der Waals surface area (Å²) in [5, 5.41) is 13.6. The number of carbonyl (C=O) groups is 1. The molecule has 0 saturated heterocycles. The molecule has 1 heterocycles. The van der Waals surface area contributed by atoms with Crippen molar-refractivity contribution in [1.29, 1.82) is 0 Å². The van der Waals surface area contributed by atoms with Crippen molar-refractivity contribution in [3.63, 3.8) is 0 Å². The first-order chi connectivity index (χ1) is 13.9. The Hall–Kier alpha value is -3.78. The largest absolute Gasteiger partial charge is 0.436 e. The number of nitro benzene ring substituents is 1. The van der Waals surface area contributed by atoms with Crippen LogP contribution in [0.1, 0.15) is 10.4 Å². The molecule has 4 rings (SSSR count). The minimum atomic E-state index is -0.537. The maximum absolute atomic E-state index is 13.2. The first-order valence-electron chi connectivity index (χ1n) is 8.32. The summed E-state index contributed by atoms with van der Waals surface area (Å²) in [6.45, 7) is 0. The van der Waals surface area contributed by atoms with Crippen LogP contribution < -0.4 is 5.32 Å². The molecule has 144 valence electrons. The van der Waals surface area contributed by atoms with Gasteiger partial charge in [0.1, 0.15) is 11.3 Å². The number of rotatable bonds is 4. The Morgan fingerprint density at radius 1 is 1.10 bits per heavy atom. The van der Waals surface area contributed by atoms with Crippen LogP contribution in [0.3, 0.4) is 0 Å². The van der Waals surface area contributed by atoms with Gasteiger partial charge >= 0.3 is 0 Å². The molecule has 0 aliphatic heterocycles. The molecular formula is C20H11ClFN3O4. The summed E-state index contributed by atoms with van der Waals surface area (Å²) >= 11 is 6.05. The lowest BCUT2D eigenvalue weighted by atomic mass is 10.2. The third kappa shape index (κ3) is 3.78. The number of halogens is 2. The third-order valence-electron chi connectivity index (χ3n) is 4.15. The van der Waals surface area contributed by atoms with E-state index in [9.17, 15) is 19.3 Å². The summed E-state index contributed by atoms with van der Waals surface area (Å²) in [5.41, 5.74) is 2.02. The van der Waals surface area contributed by atoms with Gasteiger partial charge in [-0.15, -0.1) is 0 Å². The second-order valence-electron chi connectivity index (χ2n) is 6.08. The van der Waals surface area contributed by atoms with Crippen molar-refractivity contribution in [2.45, 2.75) is 0 Å². The smallest absolute Gasteiger partial charge is 0.269 e. The number of nitrogens with zero attached hydrogens (tertiary/aromatic N) is 2. The molecule has 0 aliphatic carbocycles. The molecule has 0 aliphatic rings. The molecule has 0 atom stereocenters. The van der Waals surface area contributed by atoms with Crippen LogP contribution >= 0.6 is 11.6 Å². The quantitative estimate of drug-likeness (QED) is 0.355. The molecule has 1 aromatic heterocycles. The molecule has 9 heteroatoms. The van der Waals surface area contributed by atoms with Crippen LogP contribution in [0.5, 0.6) is 0 Å². The van der Waals surface area contributed by atoms with Gasteiger partial charge in [0.15, 0.2) is 5.58 Å². The molecule has 1 N–H and O–H groups in total. The van der Waals surface area contributed by atoms with E-state index in [0.29, 0.717) is 22.4 Å². The molecule has 3 aromatic carbocycles. The van der Waals surface area contributed by atoms with Gasteiger partial charge in [-0.05, 0) is 48.5 Å². The first-order valence-corrected chi connectivity index (χ1v) is 8.70. The van der Waals surface area contributed by atoms with Gasteiger partial charge in [0.05, 0.1) is 15.5 Å². The summed E-state index contributed by atoms with van der Waals surface area (Å²) in [6.07, 6.45) is 0. The fourth-order valence-electron chi connectivity index (χ4n) is 2.72. The number of hydrogen-bond acceptors (Lipinski definition) is 5. The predicted octanol–water partition coefficient (Wildman–Crippen LogP) is 5.45. The van der Waals surface area contributed by atoms with Crippen LogP contribution in [0.25, 0.3) is 22.6 Å². The van der Waals surface area contributed by atoms with Gasteiger partial charge < -0.3 is 9.73 Å². The van der Waals surface area contributed by atoms with Crippen LogP contribution in [0.2, 0.25) is 5.02 Å². The molecule has 0 unspecified atom stereocenters. The predicted molar refractivity (Wildman–Crippen MR) is 105 cm³/mol. The highest BCUT2D eigenvalue weighted by Gasteiger charge is 2.14. The minimum Gasteiger partial charge on any atom is -0.436 e. The van der Waals surface area contributed by atoms with Gasteiger partial charge in [0, 0.05) is 23.4 Å². The second-order valence-corrected chi connectivity index (χ2v) is 6.49. The van der Waals surface area contributed by atoms with Gasteiger partial charge in [-0.25, -0.2) is 9.37 Å². The topological polar surface area (TPSA) is 98.3 Å². The normalized spacial score (nSPS) is 10.8. The molecular weight excluding hydrogens is 401 g/mol. The number of nitrogens with one attached hydrogen (secondary N) is 1. The first kappa shape index (κ1) is 18.6. The molecule has 0 spiro atoms. The van der Waals surface area contributed by atoms with Gasteiger partial charge in [0.2, 0.25) is 5.89 Å². The Morgan fingerprint density at radius 2 is 1.86 bits per heavy atom. The van der Waals surface area contributed by atoms with Crippen LogP contribution in [0.15, 0.2) is 65.1 Å². The van der Waals surface area contributed by atoms with Crippen molar-refractivity contribution in [2.24, 2.45) is 0 Å². The summed E-state index contributed by atoms with van der Waals surface area (Å²) in [5.74, 6) is -0.667. The fourth-order valence-corrected chi connectivity index (χ4v) is 2.97. The second kappa shape index (κ2) is 7.33. The maximum atomic E-state index is 13.2. The van der Waals surface area contributed by atoms with Crippen molar-refractivity contribution < 1.29 is 18.5 Å². The SMILES string of the molecule is O=C(Nc1ccc2oc(-c3ccc(F)cc3Cl)nc2c1)c1ccc([N+](=O)[O-])cc1. The summed E-state index contributed by atoms with van der Waals surface area (Å²) in [6, 6.07) is 14.0. The standard InChI is InChI=1S/C20H11ClFN3O4/c21-16-9-12(22)3-7-15(16)20-24-17-10-13(4-8-18(17)29-20)23-19(26)11-1-5-14(6-2-11)25(27)28/h1-10H,(H,23,26). The average molecular weight is 412 g/mol. The van der Waals surface area contributed by atoms with Crippen molar-refractivity contribution in [3.05, 3.63) is 87.2 Å². The average Bonchev–Trinajstić information content (AvgIpc) is 3.11. The molecule has 7 nitrogen and oxygen atoms in total. The zero-order valence-electron chi connectivity index (χ0n) is 14.6. The highest BCUT2D eigenvalue weighted by Crippen LogP contribution is 2.31. The third-order valence-corrected chi connectivity index (χ3v) is 4.46. The zero-order valence-corrected chi connectivity index (χ0v) is 15.3. The highest BCUT2D eigenvalue weighted by molar-refractivity contribution is 6.33. The van der Waals surface area contributed by atoms with Crippen LogP contribution in [-0.2, 0) is 0 Å². The number of oxazole rings is 1. The van der Waals surface area contributed by atoms with Gasteiger partial charge in [0.25, 0.3) is 11.6 Å². The Kier molecular flexibility index (Phi) is 4.69. The molecule has 0 saturated carbocycles. The number of aromatic nitrogens is 1. The van der Waals surface area contributed by atoms with E-state index in [4.69, 9.17) is 16.0 Å². The maximum Gasteiger partial charge on any atom is 0.269 e. The van der Waals surface area contributed by atoms with Gasteiger partial charge in [-0.2, -0.15) is 0 Å². The number of benzene rings is 3. The van der Waals surface area contributed by atoms with E-state index in [0.717, 1.165) is 0 Å². The summed E-state index contributed by atoms with van der Waals surface area (Å²) in [4.78, 5) is 26.9. The van der Waals surface area contributed by atoms with Crippen LogP contribution in [0.4, 0.5) is 15.8 Å². The zero-order chi connectivity index (χ0) is 20.5. The molecule has 0 fully saturated rings. The number of anilines is 1. The van der Waals surface area contributed by atoms with Crippen molar-refractivity contribution in [1.82, 2.24) is 4.98 Å². The van der Waals surface area contributed by atoms with Gasteiger partial charge in [-0.1, -0.05) is 11.6 Å². The van der Waals surface area contributed by atoms with E-state index in [2.05, 4.69) is 10.3 Å². The van der Waals surface area contributed by atoms with Crippen LogP contribution in [0, 0.1) is 15.9 Å². The van der Waals surface area contributed by atoms with E-state index in [-0.39, 0.29) is 22.2 Å². The van der Waals surface area contributed by atoms with Crippen molar-refractivity contribution in [3.8, 4) is 11.5 Å². The molecule has 1 amide bonds. The number of non-ortho nitro benzene ring substituents is 1. The number of carbonyl (C=O) groups excluding carboxylic acids is 1. The number of fused-ring (bicyclic) bond motifs is 1. The molecule has 0 radical (unpaired) electrons. The molecule has 4 aromatic rings. The number of nitro groups is 1. The minimum absolute atomic E-state index is 0.0995. The lowest BCUT2D eigenvalue weighted by Gasteiger charge is -2.04. The van der Waals surface area contributed by atoms with Gasteiger partial charge in [-0.3, -0.25) is 14.9 Å². The van der Waals surface area contributed by atoms with Crippen molar-refractivity contribution in [2.75, 3.05) is 5.32 Å². The Bertz CT molecular complexity index is 1250. The van der Waals surface area contributed by atoms with E-state index in [1.54, 1.807) is 18.2 Å². The summed E-state index contributed by atoms with van der Waals surface area (Å²) in [7, 11) is 0. The number of amides is 1. The molecule has 29 heavy (non-hydrogen) atoms. The highest BCUT2D eigenvalue weighted by atomic mass is 35.5.